The summed E-state index contributed by atoms with van der Waals surface area (Å²) in [6.07, 6.45) is 1.47. The first-order chi connectivity index (χ1) is 18.3. The minimum absolute atomic E-state index is 0.161. The maximum absolute atomic E-state index is 13.0. The number of nitrogens with zero attached hydrogens (tertiary/aromatic N) is 3. The largest absolute Gasteiger partial charge is 0.478 e. The van der Waals surface area contributed by atoms with Gasteiger partial charge >= 0.3 is 5.97 Å². The van der Waals surface area contributed by atoms with Crippen LogP contribution in [-0.4, -0.2) is 70.7 Å². The smallest absolute Gasteiger partial charge is 0.335 e. The maximum Gasteiger partial charge on any atom is 0.335 e. The van der Waals surface area contributed by atoms with Crippen LogP contribution in [0.3, 0.4) is 0 Å². The molecule has 10 heteroatoms. The minimum Gasteiger partial charge on any atom is -0.478 e. The molecule has 2 fully saturated rings. The fourth-order valence-corrected chi connectivity index (χ4v) is 5.38. The Balaban J connectivity index is 1.23. The highest BCUT2D eigenvalue weighted by molar-refractivity contribution is 8.18. The molecule has 2 saturated heterocycles. The zero-order valence-corrected chi connectivity index (χ0v) is 21.4. The second kappa shape index (κ2) is 10.6. The van der Waals surface area contributed by atoms with E-state index in [4.69, 9.17) is 4.42 Å². The van der Waals surface area contributed by atoms with Gasteiger partial charge in [0.25, 0.3) is 11.1 Å². The van der Waals surface area contributed by atoms with Crippen molar-refractivity contribution in [3.05, 3.63) is 82.5 Å². The number of amides is 3. The van der Waals surface area contributed by atoms with Crippen LogP contribution in [0.5, 0.6) is 0 Å². The van der Waals surface area contributed by atoms with E-state index in [9.17, 15) is 24.3 Å². The summed E-state index contributed by atoms with van der Waals surface area (Å²) < 4.78 is 5.84. The predicted octanol–water partition coefficient (Wildman–Crippen LogP) is 4.34. The third-order valence-corrected chi connectivity index (χ3v) is 7.56. The zero-order valence-electron chi connectivity index (χ0n) is 20.6. The lowest BCUT2D eigenvalue weighted by molar-refractivity contribution is -0.136. The van der Waals surface area contributed by atoms with Crippen molar-refractivity contribution in [1.29, 1.82) is 0 Å². The Morgan fingerprint density at radius 3 is 2.42 bits per heavy atom. The molecule has 2 aromatic carbocycles. The number of hydrogen-bond donors (Lipinski definition) is 1. The molecule has 3 aromatic rings. The molecule has 0 aliphatic carbocycles. The fraction of sp³-hybridized carbons (Fsp3) is 0.214. The Morgan fingerprint density at radius 1 is 0.974 bits per heavy atom. The molecule has 194 valence electrons. The van der Waals surface area contributed by atoms with Crippen molar-refractivity contribution in [3.8, 4) is 11.3 Å². The van der Waals surface area contributed by atoms with E-state index < -0.39 is 17.1 Å². The number of piperazine rings is 1. The monoisotopic (exact) mass is 531 g/mol. The van der Waals surface area contributed by atoms with Gasteiger partial charge in [-0.1, -0.05) is 30.3 Å². The molecule has 3 heterocycles. The highest BCUT2D eigenvalue weighted by atomic mass is 32.2. The number of anilines is 1. The number of hydrogen-bond acceptors (Lipinski definition) is 7. The van der Waals surface area contributed by atoms with Crippen LogP contribution >= 0.6 is 11.8 Å². The number of furan rings is 1. The lowest BCUT2D eigenvalue weighted by Crippen LogP contribution is -2.51. The van der Waals surface area contributed by atoms with Crippen molar-refractivity contribution in [2.24, 2.45) is 0 Å². The number of carboxylic acids is 1. The van der Waals surface area contributed by atoms with Crippen LogP contribution in [0.25, 0.3) is 17.4 Å². The molecular formula is C28H25N3O6S. The van der Waals surface area contributed by atoms with Gasteiger partial charge < -0.3 is 19.3 Å². The van der Waals surface area contributed by atoms with Crippen molar-refractivity contribution in [1.82, 2.24) is 9.80 Å². The highest BCUT2D eigenvalue weighted by Crippen LogP contribution is 2.34. The minimum atomic E-state index is -1.03. The number of carbonyl (C=O) groups is 4. The molecule has 2 aliphatic heterocycles. The summed E-state index contributed by atoms with van der Waals surface area (Å²) in [5.74, 6) is -1.05. The van der Waals surface area contributed by atoms with E-state index in [1.54, 1.807) is 36.1 Å². The summed E-state index contributed by atoms with van der Waals surface area (Å²) in [5, 5.41) is 8.86. The molecule has 9 nitrogen and oxygen atoms in total. The van der Waals surface area contributed by atoms with Crippen LogP contribution < -0.4 is 4.90 Å². The number of imide groups is 1. The second-order valence-electron chi connectivity index (χ2n) is 8.96. The van der Waals surface area contributed by atoms with Crippen molar-refractivity contribution in [3.63, 3.8) is 0 Å². The van der Waals surface area contributed by atoms with Crippen LogP contribution in [0, 0.1) is 6.92 Å². The Bertz CT molecular complexity index is 1440. The van der Waals surface area contributed by atoms with E-state index in [2.05, 4.69) is 4.90 Å². The van der Waals surface area contributed by atoms with Crippen LogP contribution in [0.4, 0.5) is 10.5 Å². The van der Waals surface area contributed by atoms with Gasteiger partial charge in [0.1, 0.15) is 18.1 Å². The molecule has 0 radical (unpaired) electrons. The predicted molar refractivity (Wildman–Crippen MR) is 144 cm³/mol. The van der Waals surface area contributed by atoms with Gasteiger partial charge in [-0.15, -0.1) is 0 Å². The summed E-state index contributed by atoms with van der Waals surface area (Å²) in [7, 11) is 0. The topological polar surface area (TPSA) is 111 Å². The van der Waals surface area contributed by atoms with Gasteiger partial charge in [-0.2, -0.15) is 0 Å². The second-order valence-corrected chi connectivity index (χ2v) is 9.95. The first-order valence-electron chi connectivity index (χ1n) is 12.1. The Morgan fingerprint density at radius 2 is 1.71 bits per heavy atom. The van der Waals surface area contributed by atoms with E-state index in [0.29, 0.717) is 48.8 Å². The third kappa shape index (κ3) is 5.08. The average Bonchev–Trinajstić information content (AvgIpc) is 3.49. The van der Waals surface area contributed by atoms with Gasteiger partial charge in [0.15, 0.2) is 0 Å². The highest BCUT2D eigenvalue weighted by Gasteiger charge is 2.37. The lowest BCUT2D eigenvalue weighted by Gasteiger charge is -2.36. The number of rotatable bonds is 6. The van der Waals surface area contributed by atoms with Crippen LogP contribution in [0.1, 0.15) is 21.7 Å². The molecule has 0 atom stereocenters. The van der Waals surface area contributed by atoms with Crippen molar-refractivity contribution in [2.75, 3.05) is 37.6 Å². The molecule has 1 aromatic heterocycles. The molecule has 0 unspecified atom stereocenters. The van der Waals surface area contributed by atoms with Crippen molar-refractivity contribution < 1.29 is 28.7 Å². The quantitative estimate of drug-likeness (QED) is 0.468. The van der Waals surface area contributed by atoms with Gasteiger partial charge in [0.2, 0.25) is 5.91 Å². The molecule has 5 rings (SSSR count). The summed E-state index contributed by atoms with van der Waals surface area (Å²) >= 11 is 0.759. The Hall–Kier alpha value is -4.31. The van der Waals surface area contributed by atoms with Crippen LogP contribution in [0.2, 0.25) is 0 Å². The van der Waals surface area contributed by atoms with E-state index in [0.717, 1.165) is 22.3 Å². The van der Waals surface area contributed by atoms with Gasteiger partial charge in [-0.05, 0) is 54.6 Å². The van der Waals surface area contributed by atoms with Crippen molar-refractivity contribution in [2.45, 2.75) is 6.92 Å². The number of aromatic carboxylic acids is 1. The van der Waals surface area contributed by atoms with Gasteiger partial charge in [0, 0.05) is 43.5 Å². The number of para-hydroxylation sites is 1. The van der Waals surface area contributed by atoms with E-state index in [1.807, 2.05) is 30.3 Å². The molecule has 0 bridgehead atoms. The fourth-order valence-electron chi connectivity index (χ4n) is 4.56. The molecular weight excluding hydrogens is 506 g/mol. The molecule has 3 amide bonds. The normalized spacial score (nSPS) is 17.0. The lowest BCUT2D eigenvalue weighted by atomic mass is 10.0. The van der Waals surface area contributed by atoms with E-state index >= 15 is 0 Å². The van der Waals surface area contributed by atoms with Gasteiger partial charge in [-0.25, -0.2) is 4.79 Å². The number of carboxylic acid groups (broad SMARTS) is 1. The van der Waals surface area contributed by atoms with Crippen molar-refractivity contribution >= 4 is 46.5 Å². The standard InChI is InChI=1S/C28H25N3O6S/c1-18-21(8-5-9-22(18)27(34)35)23-11-10-20(37-23)16-24-26(33)31(28(36)38-24)17-25(32)30-14-12-29(13-15-30)19-6-3-2-4-7-19/h2-11,16H,12-15,17H2,1H3,(H,34,35)/b24-16+. The summed E-state index contributed by atoms with van der Waals surface area (Å²) in [4.78, 5) is 54.9. The average molecular weight is 532 g/mol. The Labute approximate surface area is 223 Å². The summed E-state index contributed by atoms with van der Waals surface area (Å²) in [6.45, 7) is 3.76. The van der Waals surface area contributed by atoms with Gasteiger partial charge in [0.05, 0.1) is 10.5 Å². The van der Waals surface area contributed by atoms with Crippen LogP contribution in [-0.2, 0) is 9.59 Å². The molecule has 0 spiro atoms. The zero-order chi connectivity index (χ0) is 26.8. The molecule has 38 heavy (non-hydrogen) atoms. The maximum atomic E-state index is 13.0. The summed E-state index contributed by atoms with van der Waals surface area (Å²) in [6, 6.07) is 18.2. The van der Waals surface area contributed by atoms with E-state index in [-0.39, 0.29) is 22.9 Å². The first kappa shape index (κ1) is 25.3. The Kier molecular flexibility index (Phi) is 7.06. The van der Waals surface area contributed by atoms with Crippen LogP contribution in [0.15, 0.2) is 70.0 Å². The number of benzene rings is 2. The first-order valence-corrected chi connectivity index (χ1v) is 12.9. The molecule has 0 saturated carbocycles. The van der Waals surface area contributed by atoms with Gasteiger partial charge in [-0.3, -0.25) is 19.3 Å². The SMILES string of the molecule is Cc1c(C(=O)O)cccc1-c1ccc(/C=C2/SC(=O)N(CC(=O)N3CCN(c4ccccc4)CC3)C2=O)o1. The number of thioether (sulfide) groups is 1. The van der Waals surface area contributed by atoms with E-state index in [1.165, 1.54) is 12.1 Å². The summed E-state index contributed by atoms with van der Waals surface area (Å²) in [5.41, 5.74) is 2.45. The molecule has 2 aliphatic rings. The third-order valence-electron chi connectivity index (χ3n) is 6.65. The molecule has 1 N–H and O–H groups in total. The number of carbonyl (C=O) groups excluding carboxylic acids is 3.